The summed E-state index contributed by atoms with van der Waals surface area (Å²) in [5.41, 5.74) is 0. The molecular weight excluding hydrogens is 220 g/mol. The van der Waals surface area contributed by atoms with Crippen molar-refractivity contribution in [3.63, 3.8) is 0 Å². The van der Waals surface area contributed by atoms with Crippen LogP contribution in [0, 0.1) is 0 Å². The minimum atomic E-state index is -1.15. The van der Waals surface area contributed by atoms with Crippen LogP contribution in [-0.2, 0) is 4.79 Å². The quantitative estimate of drug-likeness (QED) is 0.814. The number of hydrogen-bond acceptors (Lipinski definition) is 3. The summed E-state index contributed by atoms with van der Waals surface area (Å²) < 4.78 is 10.5. The number of carbonyl (C=O) groups is 1. The lowest BCUT2D eigenvalue weighted by Gasteiger charge is -2.16. The second-order valence-corrected chi connectivity index (χ2v) is 3.65. The third-order valence-corrected chi connectivity index (χ3v) is 2.54. The third kappa shape index (κ3) is 1.59. The fraction of sp³-hybridized carbons (Fsp3) is 0. The van der Waals surface area contributed by atoms with E-state index in [0.717, 1.165) is 17.0 Å². The van der Waals surface area contributed by atoms with Crippen LogP contribution in [-0.4, -0.2) is 11.1 Å². The zero-order chi connectivity index (χ0) is 11.8. The van der Waals surface area contributed by atoms with Gasteiger partial charge < -0.3 is 14.6 Å². The fourth-order valence-electron chi connectivity index (χ4n) is 1.72. The minimum absolute atomic E-state index is 0.215. The van der Waals surface area contributed by atoms with E-state index >= 15 is 0 Å². The monoisotopic (exact) mass is 228 g/mol. The van der Waals surface area contributed by atoms with Crippen LogP contribution in [0.4, 0.5) is 0 Å². The van der Waals surface area contributed by atoms with Crippen LogP contribution in [0.5, 0.6) is 11.5 Å². The molecule has 3 rings (SSSR count). The van der Waals surface area contributed by atoms with Gasteiger partial charge in [0.15, 0.2) is 11.5 Å². The van der Waals surface area contributed by atoms with Gasteiger partial charge >= 0.3 is 5.97 Å². The van der Waals surface area contributed by atoms with Crippen LogP contribution in [0.2, 0.25) is 0 Å². The summed E-state index contributed by atoms with van der Waals surface area (Å²) in [4.78, 5) is 10.8. The number of ether oxygens (including phenoxy) is 2. The van der Waals surface area contributed by atoms with E-state index in [1.54, 1.807) is 6.07 Å². The van der Waals surface area contributed by atoms with Crippen molar-refractivity contribution in [2.45, 2.75) is 0 Å². The summed E-state index contributed by atoms with van der Waals surface area (Å²) in [5, 5.41) is 10.8. The number of hydrogen-bond donors (Lipinski definition) is 1. The largest absolute Gasteiger partial charge is 0.475 e. The first-order valence-corrected chi connectivity index (χ1v) is 5.05. The minimum Gasteiger partial charge on any atom is -0.475 e. The zero-order valence-electron chi connectivity index (χ0n) is 8.71. The molecule has 0 bridgehead atoms. The molecule has 0 saturated heterocycles. The van der Waals surface area contributed by atoms with Crippen LogP contribution >= 0.6 is 0 Å². The van der Waals surface area contributed by atoms with Gasteiger partial charge in [0.25, 0.3) is 0 Å². The Bertz CT molecular complexity index is 643. The van der Waals surface area contributed by atoms with Crippen molar-refractivity contribution in [1.82, 2.24) is 0 Å². The molecule has 4 heteroatoms. The predicted molar refractivity (Wildman–Crippen MR) is 60.9 cm³/mol. The van der Waals surface area contributed by atoms with Gasteiger partial charge in [-0.2, -0.15) is 0 Å². The van der Waals surface area contributed by atoms with Gasteiger partial charge in [0.1, 0.15) is 6.26 Å². The Morgan fingerprint density at radius 1 is 1.06 bits per heavy atom. The number of carboxylic acids is 1. The van der Waals surface area contributed by atoms with E-state index in [1.807, 2.05) is 30.3 Å². The Morgan fingerprint density at radius 2 is 1.71 bits per heavy atom. The lowest BCUT2D eigenvalue weighted by atomic mass is 10.1. The van der Waals surface area contributed by atoms with E-state index in [2.05, 4.69) is 0 Å². The predicted octanol–water partition coefficient (Wildman–Crippen LogP) is 2.54. The van der Waals surface area contributed by atoms with Gasteiger partial charge in [-0.05, 0) is 22.9 Å². The lowest BCUT2D eigenvalue weighted by molar-refractivity contribution is -0.135. The van der Waals surface area contributed by atoms with Gasteiger partial charge in [0, 0.05) is 0 Å². The Balaban J connectivity index is 2.12. The van der Waals surface area contributed by atoms with E-state index in [9.17, 15) is 4.79 Å². The Morgan fingerprint density at radius 3 is 2.35 bits per heavy atom. The highest BCUT2D eigenvalue weighted by atomic mass is 16.6. The molecule has 84 valence electrons. The van der Waals surface area contributed by atoms with Gasteiger partial charge in [-0.3, -0.25) is 0 Å². The van der Waals surface area contributed by atoms with E-state index in [-0.39, 0.29) is 5.76 Å². The van der Waals surface area contributed by atoms with Gasteiger partial charge in [0.2, 0.25) is 5.76 Å². The van der Waals surface area contributed by atoms with E-state index in [0.29, 0.717) is 11.5 Å². The third-order valence-electron chi connectivity index (χ3n) is 2.54. The summed E-state index contributed by atoms with van der Waals surface area (Å²) >= 11 is 0. The molecule has 0 unspecified atom stereocenters. The molecular formula is C13H8O4. The molecule has 17 heavy (non-hydrogen) atoms. The summed E-state index contributed by atoms with van der Waals surface area (Å²) in [6.07, 6.45) is 1.10. The molecule has 0 aliphatic carbocycles. The number of aliphatic carboxylic acids is 1. The normalized spacial score (nSPS) is 13.3. The zero-order valence-corrected chi connectivity index (χ0v) is 8.71. The molecule has 0 fully saturated rings. The van der Waals surface area contributed by atoms with Crippen LogP contribution in [0.1, 0.15) is 0 Å². The van der Waals surface area contributed by atoms with Gasteiger partial charge in [-0.15, -0.1) is 0 Å². The fourth-order valence-corrected chi connectivity index (χ4v) is 1.72. The molecule has 0 radical (unpaired) electrons. The maximum absolute atomic E-state index is 10.8. The lowest BCUT2D eigenvalue weighted by Crippen LogP contribution is -2.13. The van der Waals surface area contributed by atoms with E-state index in [4.69, 9.17) is 14.6 Å². The molecule has 0 atom stereocenters. The summed E-state index contributed by atoms with van der Waals surface area (Å²) in [7, 11) is 0. The topological polar surface area (TPSA) is 55.8 Å². The van der Waals surface area contributed by atoms with Gasteiger partial charge in [-0.25, -0.2) is 4.79 Å². The van der Waals surface area contributed by atoms with E-state index in [1.165, 1.54) is 0 Å². The number of benzene rings is 2. The number of rotatable bonds is 1. The Labute approximate surface area is 96.7 Å². The van der Waals surface area contributed by atoms with Gasteiger partial charge in [0.05, 0.1) is 0 Å². The van der Waals surface area contributed by atoms with Crippen LogP contribution in [0.15, 0.2) is 48.4 Å². The van der Waals surface area contributed by atoms with Crippen molar-refractivity contribution in [3.05, 3.63) is 48.4 Å². The first-order valence-electron chi connectivity index (χ1n) is 5.05. The molecule has 0 amide bonds. The first kappa shape index (κ1) is 9.72. The highest BCUT2D eigenvalue weighted by molar-refractivity contribution is 5.88. The van der Waals surface area contributed by atoms with Crippen LogP contribution in [0.25, 0.3) is 10.8 Å². The van der Waals surface area contributed by atoms with Crippen LogP contribution in [0.3, 0.4) is 0 Å². The molecule has 1 aliphatic rings. The maximum Gasteiger partial charge on any atom is 0.375 e. The standard InChI is InChI=1S/C13H8O4/c14-13(15)12-7-16-10-5-8-3-1-2-4-9(8)6-11(10)17-12/h1-7H,(H,14,15). The average Bonchev–Trinajstić information content (AvgIpc) is 2.35. The molecule has 1 aliphatic heterocycles. The molecule has 4 nitrogen and oxygen atoms in total. The highest BCUT2D eigenvalue weighted by Crippen LogP contribution is 2.36. The summed E-state index contributed by atoms with van der Waals surface area (Å²) in [6.45, 7) is 0. The van der Waals surface area contributed by atoms with E-state index < -0.39 is 5.97 Å². The molecule has 1 heterocycles. The highest BCUT2D eigenvalue weighted by Gasteiger charge is 2.19. The second kappa shape index (κ2) is 3.52. The first-order chi connectivity index (χ1) is 8.24. The Hall–Kier alpha value is -2.49. The summed E-state index contributed by atoms with van der Waals surface area (Å²) in [6, 6.07) is 11.3. The molecule has 0 saturated carbocycles. The molecule has 2 aromatic carbocycles. The molecule has 0 spiro atoms. The van der Waals surface area contributed by atoms with Crippen molar-refractivity contribution in [1.29, 1.82) is 0 Å². The number of carboxylic acid groups (broad SMARTS) is 1. The maximum atomic E-state index is 10.8. The Kier molecular flexibility index (Phi) is 2.01. The average molecular weight is 228 g/mol. The molecule has 0 aromatic heterocycles. The van der Waals surface area contributed by atoms with Crippen molar-refractivity contribution in [2.75, 3.05) is 0 Å². The second-order valence-electron chi connectivity index (χ2n) is 3.65. The van der Waals surface area contributed by atoms with Gasteiger partial charge in [-0.1, -0.05) is 24.3 Å². The van der Waals surface area contributed by atoms with Crippen molar-refractivity contribution in [2.24, 2.45) is 0 Å². The van der Waals surface area contributed by atoms with Crippen LogP contribution < -0.4 is 9.47 Å². The number of fused-ring (bicyclic) bond motifs is 2. The van der Waals surface area contributed by atoms with Crippen molar-refractivity contribution in [3.8, 4) is 11.5 Å². The molecule has 1 N–H and O–H groups in total. The molecule has 2 aromatic rings. The SMILES string of the molecule is O=C(O)C1=COc2cc3ccccc3cc2O1. The van der Waals surface area contributed by atoms with Crippen molar-refractivity contribution < 1.29 is 19.4 Å². The summed E-state index contributed by atoms with van der Waals surface area (Å²) in [5.74, 6) is -0.422. The smallest absolute Gasteiger partial charge is 0.375 e. The van der Waals surface area contributed by atoms with Crippen molar-refractivity contribution >= 4 is 16.7 Å².